The lowest BCUT2D eigenvalue weighted by atomic mass is 10.1. The van der Waals surface area contributed by atoms with Crippen molar-refractivity contribution < 1.29 is 9.53 Å². The first kappa shape index (κ1) is 10.5. The van der Waals surface area contributed by atoms with E-state index < -0.39 is 0 Å². The van der Waals surface area contributed by atoms with E-state index in [0.717, 1.165) is 36.7 Å². The Morgan fingerprint density at radius 3 is 2.53 bits per heavy atom. The fraction of sp³-hybridized carbons (Fsp3) is 0.500. The topological polar surface area (TPSA) is 38.7 Å². The number of hydrogen-bond donors (Lipinski definition) is 0. The number of aliphatic imine (C=N–C) groups is 1. The average Bonchev–Trinajstić information content (AvgIpc) is 3.23. The van der Waals surface area contributed by atoms with Gasteiger partial charge < -0.3 is 4.74 Å². The summed E-state index contributed by atoms with van der Waals surface area (Å²) < 4.78 is 5.67. The van der Waals surface area contributed by atoms with E-state index in [4.69, 9.17) is 4.74 Å². The van der Waals surface area contributed by atoms with Crippen molar-refractivity contribution in [2.24, 2.45) is 10.9 Å². The Kier molecular flexibility index (Phi) is 2.49. The lowest BCUT2D eigenvalue weighted by Crippen LogP contribution is -2.03. The standard InChI is InChI=1S/C14H15NO2/c16-10-15-14(7-8-14)12-3-5-13(6-4-12)17-9-11-1-2-11/h3-6,11H,1-2,7-9H2. The molecule has 3 heteroatoms. The van der Waals surface area contributed by atoms with Crippen LogP contribution >= 0.6 is 0 Å². The predicted octanol–water partition coefficient (Wildman–Crippen LogP) is 2.80. The van der Waals surface area contributed by atoms with Gasteiger partial charge in [0, 0.05) is 0 Å². The van der Waals surface area contributed by atoms with E-state index >= 15 is 0 Å². The van der Waals surface area contributed by atoms with Crippen LogP contribution in [0.1, 0.15) is 31.2 Å². The fourth-order valence-electron chi connectivity index (χ4n) is 2.03. The third-order valence-corrected chi connectivity index (χ3v) is 3.56. The zero-order chi connectivity index (χ0) is 11.7. The smallest absolute Gasteiger partial charge is 0.235 e. The minimum Gasteiger partial charge on any atom is -0.493 e. The maximum atomic E-state index is 10.4. The SMILES string of the molecule is O=C=NC1(c2ccc(OCC3CC3)cc2)CC1. The van der Waals surface area contributed by atoms with Crippen LogP contribution in [0.4, 0.5) is 0 Å². The Morgan fingerprint density at radius 1 is 1.29 bits per heavy atom. The molecule has 0 saturated heterocycles. The van der Waals surface area contributed by atoms with E-state index in [9.17, 15) is 4.79 Å². The van der Waals surface area contributed by atoms with E-state index in [1.54, 1.807) is 6.08 Å². The molecular weight excluding hydrogens is 214 g/mol. The first-order valence-corrected chi connectivity index (χ1v) is 6.15. The van der Waals surface area contributed by atoms with Gasteiger partial charge in [-0.1, -0.05) is 12.1 Å². The first-order valence-electron chi connectivity index (χ1n) is 6.15. The second-order valence-electron chi connectivity index (χ2n) is 5.01. The van der Waals surface area contributed by atoms with Crippen LogP contribution in [0.15, 0.2) is 29.3 Å². The summed E-state index contributed by atoms with van der Waals surface area (Å²) in [4.78, 5) is 14.3. The molecule has 0 atom stereocenters. The molecule has 0 spiro atoms. The van der Waals surface area contributed by atoms with Crippen LogP contribution in [0.25, 0.3) is 0 Å². The highest BCUT2D eigenvalue weighted by molar-refractivity contribution is 5.42. The zero-order valence-corrected chi connectivity index (χ0v) is 9.69. The van der Waals surface area contributed by atoms with Gasteiger partial charge in [0.15, 0.2) is 0 Å². The molecule has 88 valence electrons. The van der Waals surface area contributed by atoms with E-state index in [1.165, 1.54) is 12.8 Å². The van der Waals surface area contributed by atoms with E-state index in [1.807, 2.05) is 24.3 Å². The van der Waals surface area contributed by atoms with E-state index in [2.05, 4.69) is 4.99 Å². The normalized spacial score (nSPS) is 20.5. The maximum Gasteiger partial charge on any atom is 0.235 e. The maximum absolute atomic E-state index is 10.4. The molecule has 17 heavy (non-hydrogen) atoms. The molecule has 3 rings (SSSR count). The molecule has 0 amide bonds. The molecule has 0 heterocycles. The van der Waals surface area contributed by atoms with Gasteiger partial charge in [-0.2, -0.15) is 4.99 Å². The van der Waals surface area contributed by atoms with Gasteiger partial charge in [0.05, 0.1) is 12.1 Å². The summed E-state index contributed by atoms with van der Waals surface area (Å²) in [6, 6.07) is 7.96. The molecule has 0 bridgehead atoms. The summed E-state index contributed by atoms with van der Waals surface area (Å²) in [5, 5.41) is 0. The predicted molar refractivity (Wildman–Crippen MR) is 63.7 cm³/mol. The molecule has 0 N–H and O–H groups in total. The number of ether oxygens (including phenoxy) is 1. The van der Waals surface area contributed by atoms with Gasteiger partial charge in [-0.15, -0.1) is 0 Å². The lowest BCUT2D eigenvalue weighted by Gasteiger charge is -2.10. The van der Waals surface area contributed by atoms with E-state index in [0.29, 0.717) is 0 Å². The van der Waals surface area contributed by atoms with Gasteiger partial charge in [-0.3, -0.25) is 0 Å². The summed E-state index contributed by atoms with van der Waals surface area (Å²) in [7, 11) is 0. The third kappa shape index (κ3) is 2.25. The van der Waals surface area contributed by atoms with Crippen molar-refractivity contribution in [2.45, 2.75) is 31.2 Å². The lowest BCUT2D eigenvalue weighted by molar-refractivity contribution is 0.299. The molecule has 2 aliphatic rings. The molecule has 2 saturated carbocycles. The number of rotatable bonds is 5. The van der Waals surface area contributed by atoms with Crippen LogP contribution in [0, 0.1) is 5.92 Å². The van der Waals surface area contributed by atoms with Crippen molar-refractivity contribution in [3.05, 3.63) is 29.8 Å². The van der Waals surface area contributed by atoms with Crippen molar-refractivity contribution in [1.82, 2.24) is 0 Å². The van der Waals surface area contributed by atoms with Crippen LogP contribution < -0.4 is 4.74 Å². The van der Waals surface area contributed by atoms with Crippen molar-refractivity contribution in [3.63, 3.8) is 0 Å². The number of isocyanates is 1. The highest BCUT2D eigenvalue weighted by Crippen LogP contribution is 2.49. The molecule has 1 aromatic rings. The molecule has 0 aliphatic heterocycles. The summed E-state index contributed by atoms with van der Waals surface area (Å²) >= 11 is 0. The average molecular weight is 229 g/mol. The quantitative estimate of drug-likeness (QED) is 0.575. The van der Waals surface area contributed by atoms with Gasteiger partial charge in [-0.05, 0) is 49.3 Å². The molecule has 1 aromatic carbocycles. The highest BCUT2D eigenvalue weighted by atomic mass is 16.5. The molecule has 0 unspecified atom stereocenters. The third-order valence-electron chi connectivity index (χ3n) is 3.56. The van der Waals surface area contributed by atoms with Gasteiger partial charge in [-0.25, -0.2) is 4.79 Å². The first-order chi connectivity index (χ1) is 8.32. The number of hydrogen-bond acceptors (Lipinski definition) is 3. The Labute approximate surface area is 101 Å². The Hall–Kier alpha value is -1.60. The van der Waals surface area contributed by atoms with Crippen LogP contribution in [-0.2, 0) is 10.3 Å². The van der Waals surface area contributed by atoms with Gasteiger partial charge in [0.25, 0.3) is 0 Å². The number of benzene rings is 1. The van der Waals surface area contributed by atoms with Gasteiger partial charge in [0.2, 0.25) is 6.08 Å². The van der Waals surface area contributed by atoms with Crippen LogP contribution in [0.2, 0.25) is 0 Å². The van der Waals surface area contributed by atoms with Gasteiger partial charge in [0.1, 0.15) is 5.75 Å². The van der Waals surface area contributed by atoms with Crippen molar-refractivity contribution in [2.75, 3.05) is 6.61 Å². The van der Waals surface area contributed by atoms with Crippen LogP contribution in [0.3, 0.4) is 0 Å². The van der Waals surface area contributed by atoms with E-state index in [-0.39, 0.29) is 5.54 Å². The Morgan fingerprint density at radius 2 is 2.00 bits per heavy atom. The number of nitrogens with zero attached hydrogens (tertiary/aromatic N) is 1. The molecule has 2 fully saturated rings. The van der Waals surface area contributed by atoms with Crippen molar-refractivity contribution in [3.8, 4) is 5.75 Å². The molecule has 0 radical (unpaired) electrons. The monoisotopic (exact) mass is 229 g/mol. The molecular formula is C14H15NO2. The highest BCUT2D eigenvalue weighted by Gasteiger charge is 2.44. The second-order valence-corrected chi connectivity index (χ2v) is 5.01. The Bertz CT molecular complexity index is 452. The minimum absolute atomic E-state index is 0.267. The molecule has 0 aromatic heterocycles. The summed E-state index contributed by atoms with van der Waals surface area (Å²) in [5.74, 6) is 1.68. The van der Waals surface area contributed by atoms with Gasteiger partial charge >= 0.3 is 0 Å². The molecule has 2 aliphatic carbocycles. The van der Waals surface area contributed by atoms with Crippen LogP contribution in [-0.4, -0.2) is 12.7 Å². The summed E-state index contributed by atoms with van der Waals surface area (Å²) in [5.41, 5.74) is 0.830. The molecule has 3 nitrogen and oxygen atoms in total. The van der Waals surface area contributed by atoms with Crippen LogP contribution in [0.5, 0.6) is 5.75 Å². The number of carbonyl (C=O) groups excluding carboxylic acids is 1. The fourth-order valence-corrected chi connectivity index (χ4v) is 2.03. The summed E-state index contributed by atoms with van der Waals surface area (Å²) in [6.45, 7) is 0.830. The van der Waals surface area contributed by atoms with Crippen molar-refractivity contribution in [1.29, 1.82) is 0 Å². The minimum atomic E-state index is -0.267. The summed E-state index contributed by atoms with van der Waals surface area (Å²) in [6.07, 6.45) is 6.18. The van der Waals surface area contributed by atoms with Crippen molar-refractivity contribution >= 4 is 6.08 Å². The Balaban J connectivity index is 1.68. The zero-order valence-electron chi connectivity index (χ0n) is 9.69. The second kappa shape index (κ2) is 4.01. The largest absolute Gasteiger partial charge is 0.493 e.